The van der Waals surface area contributed by atoms with E-state index in [-0.39, 0.29) is 5.78 Å². The van der Waals surface area contributed by atoms with Crippen LogP contribution in [0.4, 0.5) is 5.69 Å². The maximum Gasteiger partial charge on any atom is 0.226 e. The number of hydrogen-bond acceptors (Lipinski definition) is 7. The van der Waals surface area contributed by atoms with Gasteiger partial charge in [-0.3, -0.25) is 4.79 Å². The molecule has 0 N–H and O–H groups in total. The Kier molecular flexibility index (Phi) is 4.50. The largest absolute Gasteiger partial charge is 0.383 e. The van der Waals surface area contributed by atoms with Gasteiger partial charge in [-0.25, -0.2) is 14.6 Å². The summed E-state index contributed by atoms with van der Waals surface area (Å²) in [5.41, 5.74) is 1.96. The highest BCUT2D eigenvalue weighted by molar-refractivity contribution is 6.07. The predicted octanol–water partition coefficient (Wildman–Crippen LogP) is 1.57. The van der Waals surface area contributed by atoms with E-state index in [1.165, 1.54) is 6.92 Å². The van der Waals surface area contributed by atoms with Gasteiger partial charge in [0.15, 0.2) is 11.3 Å². The molecule has 0 bridgehead atoms. The highest BCUT2D eigenvalue weighted by Crippen LogP contribution is 2.30. The van der Waals surface area contributed by atoms with Crippen LogP contribution in [0.3, 0.4) is 0 Å². The summed E-state index contributed by atoms with van der Waals surface area (Å²) in [6.45, 7) is 1.47. The molecule has 0 saturated heterocycles. The molecule has 2 heterocycles. The lowest BCUT2D eigenvalue weighted by Gasteiger charge is -2.09. The maximum absolute atomic E-state index is 12.1. The molecule has 22 heavy (non-hydrogen) atoms. The van der Waals surface area contributed by atoms with E-state index in [9.17, 15) is 4.79 Å². The lowest BCUT2D eigenvalue weighted by atomic mass is 10.1. The Morgan fingerprint density at radius 2 is 1.91 bits per heavy atom. The van der Waals surface area contributed by atoms with Crippen molar-refractivity contribution in [2.75, 3.05) is 28.2 Å². The molecule has 0 aromatic carbocycles. The molecule has 0 aliphatic heterocycles. The van der Waals surface area contributed by atoms with E-state index >= 15 is 0 Å². The van der Waals surface area contributed by atoms with Gasteiger partial charge in [0.25, 0.3) is 0 Å². The van der Waals surface area contributed by atoms with Crippen LogP contribution in [-0.2, 0) is 0 Å². The minimum atomic E-state index is -0.151. The monoisotopic (exact) mass is 302 g/mol. The zero-order chi connectivity index (χ0) is 16.3. The van der Waals surface area contributed by atoms with E-state index < -0.39 is 0 Å². The van der Waals surface area contributed by atoms with Crippen LogP contribution in [0, 0.1) is 0 Å². The second-order valence-corrected chi connectivity index (χ2v) is 5.20. The second-order valence-electron chi connectivity index (χ2n) is 5.20. The number of ketones is 1. The van der Waals surface area contributed by atoms with Crippen LogP contribution < -0.4 is 0 Å². The first-order valence-electron chi connectivity index (χ1n) is 6.62. The molecule has 0 spiro atoms. The van der Waals surface area contributed by atoms with Gasteiger partial charge in [-0.1, -0.05) is 0 Å². The van der Waals surface area contributed by atoms with Crippen LogP contribution in [0.5, 0.6) is 0 Å². The Morgan fingerprint density at radius 1 is 1.18 bits per heavy atom. The van der Waals surface area contributed by atoms with E-state index in [0.717, 1.165) is 0 Å². The van der Waals surface area contributed by atoms with Crippen LogP contribution in [0.1, 0.15) is 23.0 Å². The highest BCUT2D eigenvalue weighted by Gasteiger charge is 2.20. The Balaban J connectivity index is 2.74. The van der Waals surface area contributed by atoms with Gasteiger partial charge in [-0.05, 0) is 23.3 Å². The van der Waals surface area contributed by atoms with Gasteiger partial charge in [0, 0.05) is 34.4 Å². The number of carbonyl (C=O) groups excluding carboxylic acids is 1. The summed E-state index contributed by atoms with van der Waals surface area (Å²) in [5.74, 6) is -0.151. The average Bonchev–Trinajstić information content (AvgIpc) is 2.89. The number of Topliss-reactive ketones (excluding diaryl/α,β-unsaturated/α-hetero) is 1. The molecule has 0 radical (unpaired) electrons. The summed E-state index contributed by atoms with van der Waals surface area (Å²) in [6, 6.07) is 0. The SMILES string of the molecule is CC(=O)c1c(C=CN(C)C)nc2nonc2c1N=CN(C)C. The highest BCUT2D eigenvalue weighted by atomic mass is 16.6. The summed E-state index contributed by atoms with van der Waals surface area (Å²) in [6.07, 6.45) is 5.13. The average molecular weight is 302 g/mol. The Labute approximate surface area is 128 Å². The van der Waals surface area contributed by atoms with E-state index in [1.807, 2.05) is 33.1 Å². The maximum atomic E-state index is 12.1. The van der Waals surface area contributed by atoms with Crippen molar-refractivity contribution in [3.05, 3.63) is 17.5 Å². The Hall–Kier alpha value is -2.77. The molecule has 0 atom stereocenters. The van der Waals surface area contributed by atoms with E-state index in [2.05, 4.69) is 20.3 Å². The van der Waals surface area contributed by atoms with Crippen LogP contribution in [0.25, 0.3) is 17.2 Å². The molecular weight excluding hydrogens is 284 g/mol. The number of aliphatic imine (C=N–C) groups is 1. The molecule has 2 rings (SSSR count). The lowest BCUT2D eigenvalue weighted by molar-refractivity contribution is 0.101. The van der Waals surface area contributed by atoms with Crippen molar-refractivity contribution >= 4 is 35.0 Å². The van der Waals surface area contributed by atoms with Crippen LogP contribution in [0.2, 0.25) is 0 Å². The molecule has 0 saturated carbocycles. The van der Waals surface area contributed by atoms with Gasteiger partial charge < -0.3 is 9.80 Å². The van der Waals surface area contributed by atoms with Crippen LogP contribution in [-0.4, -0.2) is 65.4 Å². The van der Waals surface area contributed by atoms with Gasteiger partial charge in [0.05, 0.1) is 17.6 Å². The first-order valence-corrected chi connectivity index (χ1v) is 6.62. The smallest absolute Gasteiger partial charge is 0.226 e. The summed E-state index contributed by atoms with van der Waals surface area (Å²) in [5, 5.41) is 7.56. The topological polar surface area (TPSA) is 87.7 Å². The molecule has 0 aliphatic rings. The van der Waals surface area contributed by atoms with Crippen molar-refractivity contribution in [2.45, 2.75) is 6.92 Å². The van der Waals surface area contributed by atoms with Crippen LogP contribution in [0.15, 0.2) is 15.8 Å². The fraction of sp³-hybridized carbons (Fsp3) is 0.357. The number of rotatable bonds is 5. The Morgan fingerprint density at radius 3 is 2.50 bits per heavy atom. The number of fused-ring (bicyclic) bond motifs is 1. The van der Waals surface area contributed by atoms with Gasteiger partial charge in [-0.2, -0.15) is 0 Å². The molecule has 2 aromatic rings. The molecule has 0 unspecified atom stereocenters. The molecule has 8 heteroatoms. The third kappa shape index (κ3) is 3.27. The fourth-order valence-corrected chi connectivity index (χ4v) is 1.80. The summed E-state index contributed by atoms with van der Waals surface area (Å²) in [7, 11) is 7.43. The first-order chi connectivity index (χ1) is 10.4. The first kappa shape index (κ1) is 15.6. The van der Waals surface area contributed by atoms with Crippen molar-refractivity contribution < 1.29 is 9.42 Å². The molecule has 116 valence electrons. The van der Waals surface area contributed by atoms with Crippen molar-refractivity contribution in [1.82, 2.24) is 25.1 Å². The third-order valence-electron chi connectivity index (χ3n) is 2.72. The zero-order valence-electron chi connectivity index (χ0n) is 13.2. The molecule has 0 fully saturated rings. The van der Waals surface area contributed by atoms with Crippen molar-refractivity contribution in [3.8, 4) is 0 Å². The molecular formula is C14H18N6O2. The van der Waals surface area contributed by atoms with Gasteiger partial charge in [0.2, 0.25) is 5.65 Å². The molecule has 0 aliphatic carbocycles. The van der Waals surface area contributed by atoms with E-state index in [4.69, 9.17) is 4.63 Å². The van der Waals surface area contributed by atoms with Crippen molar-refractivity contribution in [3.63, 3.8) is 0 Å². The number of nitrogens with zero attached hydrogens (tertiary/aromatic N) is 6. The fourth-order valence-electron chi connectivity index (χ4n) is 1.80. The minimum absolute atomic E-state index is 0.151. The summed E-state index contributed by atoms with van der Waals surface area (Å²) in [4.78, 5) is 24.4. The lowest BCUT2D eigenvalue weighted by Crippen LogP contribution is -2.08. The molecule has 8 nitrogen and oxygen atoms in total. The molecule has 0 amide bonds. The quantitative estimate of drug-likeness (QED) is 0.470. The third-order valence-corrected chi connectivity index (χ3v) is 2.72. The van der Waals surface area contributed by atoms with Crippen molar-refractivity contribution in [1.29, 1.82) is 0 Å². The second kappa shape index (κ2) is 6.33. The summed E-state index contributed by atoms with van der Waals surface area (Å²) < 4.78 is 4.73. The normalized spacial score (nSPS) is 11.7. The Bertz CT molecular complexity index is 745. The van der Waals surface area contributed by atoms with Gasteiger partial charge in [0.1, 0.15) is 5.69 Å². The van der Waals surface area contributed by atoms with Gasteiger partial charge >= 0.3 is 0 Å². The summed E-state index contributed by atoms with van der Waals surface area (Å²) >= 11 is 0. The predicted molar refractivity (Wildman–Crippen MR) is 84.2 cm³/mol. The van der Waals surface area contributed by atoms with Crippen LogP contribution >= 0.6 is 0 Å². The standard InChI is InChI=1S/C14H18N6O2/c1-9(21)11-10(6-7-19(2)3)16-14-13(17-22-18-14)12(11)15-8-20(4)5/h6-8H,1-5H3. The van der Waals surface area contributed by atoms with E-state index in [0.29, 0.717) is 28.1 Å². The van der Waals surface area contributed by atoms with E-state index in [1.54, 1.807) is 23.5 Å². The van der Waals surface area contributed by atoms with Crippen molar-refractivity contribution in [2.24, 2.45) is 4.99 Å². The van der Waals surface area contributed by atoms with Gasteiger partial charge in [-0.15, -0.1) is 0 Å². The molecule has 2 aromatic heterocycles. The number of carbonyl (C=O) groups is 1. The number of hydrogen-bond donors (Lipinski definition) is 0. The zero-order valence-corrected chi connectivity index (χ0v) is 13.2. The number of aromatic nitrogens is 3. The number of pyridine rings is 1. The minimum Gasteiger partial charge on any atom is -0.383 e.